The number of H-pyrrole nitrogens is 1. The Balaban J connectivity index is 1.58. The fraction of sp³-hybridized carbons (Fsp3) is 0.0682. The Hall–Kier alpha value is -6.33. The molecular weight excluding hydrogens is 603 g/mol. The lowest BCUT2D eigenvalue weighted by molar-refractivity contribution is -0.130. The maximum atomic E-state index is 13.4. The molecule has 0 aliphatic rings. The largest absolute Gasteiger partial charge is 0.478 e. The van der Waals surface area contributed by atoms with Crippen molar-refractivity contribution in [3.63, 3.8) is 0 Å². The minimum Gasteiger partial charge on any atom is -0.478 e. The van der Waals surface area contributed by atoms with Crippen LogP contribution in [-0.2, 0) is 24.1 Å². The number of aliphatic carboxylic acids is 1. The van der Waals surface area contributed by atoms with Gasteiger partial charge in [-0.15, -0.1) is 0 Å². The predicted molar refractivity (Wildman–Crippen MR) is 197 cm³/mol. The lowest BCUT2D eigenvalue weighted by Gasteiger charge is -2.23. The zero-order valence-electron chi connectivity index (χ0n) is 27.0. The second-order valence-electron chi connectivity index (χ2n) is 12.0. The van der Waals surface area contributed by atoms with E-state index in [0.717, 1.165) is 38.9 Å². The van der Waals surface area contributed by atoms with Crippen LogP contribution in [0.15, 0.2) is 164 Å². The molecular formula is C44H35N3O2. The standard InChI is InChI=1S/C44H35N3O2/c48-44(49)40(34-22-12-4-13-23-34)39(30-33-20-10-3-11-21-33)37-27-26-36(28-31-16-6-1-7-17-31)38(29-32-18-8-2-9-19-32)41(37)43-42(45-47-46-43)35-24-14-5-15-25-35/h1-27H,28-30H2,(H,48,49)(H,45,46,47). The molecule has 2 N–H and O–H groups in total. The summed E-state index contributed by atoms with van der Waals surface area (Å²) in [6.45, 7) is 0. The van der Waals surface area contributed by atoms with Crippen molar-refractivity contribution in [2.75, 3.05) is 0 Å². The molecule has 0 bridgehead atoms. The predicted octanol–water partition coefficient (Wildman–Crippen LogP) is 9.56. The monoisotopic (exact) mass is 637 g/mol. The van der Waals surface area contributed by atoms with Gasteiger partial charge < -0.3 is 5.11 Å². The number of nitrogens with zero attached hydrogens (tertiary/aromatic N) is 2. The van der Waals surface area contributed by atoms with Gasteiger partial charge >= 0.3 is 5.97 Å². The number of hydrogen-bond donors (Lipinski definition) is 2. The van der Waals surface area contributed by atoms with Crippen molar-refractivity contribution < 1.29 is 9.90 Å². The summed E-state index contributed by atoms with van der Waals surface area (Å²) in [7, 11) is 0. The Morgan fingerprint density at radius 2 is 1.06 bits per heavy atom. The van der Waals surface area contributed by atoms with Gasteiger partial charge in [-0.25, -0.2) is 4.79 Å². The maximum absolute atomic E-state index is 13.4. The molecule has 0 amide bonds. The van der Waals surface area contributed by atoms with E-state index in [-0.39, 0.29) is 5.57 Å². The number of hydrogen-bond acceptors (Lipinski definition) is 3. The van der Waals surface area contributed by atoms with Gasteiger partial charge in [0.15, 0.2) is 0 Å². The summed E-state index contributed by atoms with van der Waals surface area (Å²) in [4.78, 5) is 13.4. The van der Waals surface area contributed by atoms with E-state index in [2.05, 4.69) is 71.0 Å². The van der Waals surface area contributed by atoms with Gasteiger partial charge in [0.05, 0.1) is 5.57 Å². The number of allylic oxidation sites excluding steroid dienone is 1. The van der Waals surface area contributed by atoms with Crippen LogP contribution in [0.2, 0.25) is 0 Å². The zero-order chi connectivity index (χ0) is 33.4. The Morgan fingerprint density at radius 3 is 1.65 bits per heavy atom. The molecule has 0 saturated heterocycles. The second kappa shape index (κ2) is 14.6. The molecule has 7 aromatic rings. The molecule has 1 heterocycles. The first-order valence-electron chi connectivity index (χ1n) is 16.4. The van der Waals surface area contributed by atoms with Crippen LogP contribution in [0, 0.1) is 0 Å². The lowest BCUT2D eigenvalue weighted by atomic mass is 9.81. The highest BCUT2D eigenvalue weighted by Gasteiger charge is 2.27. The van der Waals surface area contributed by atoms with Crippen molar-refractivity contribution in [2.24, 2.45) is 0 Å². The van der Waals surface area contributed by atoms with Crippen LogP contribution in [0.25, 0.3) is 33.7 Å². The van der Waals surface area contributed by atoms with E-state index in [0.29, 0.717) is 41.8 Å². The summed E-state index contributed by atoms with van der Waals surface area (Å²) in [5, 5.41) is 23.4. The first-order valence-corrected chi connectivity index (χ1v) is 16.4. The highest BCUT2D eigenvalue weighted by molar-refractivity contribution is 6.24. The molecule has 0 saturated carbocycles. The fourth-order valence-electron chi connectivity index (χ4n) is 6.55. The zero-order valence-corrected chi connectivity index (χ0v) is 27.0. The third-order valence-corrected chi connectivity index (χ3v) is 8.83. The molecule has 1 aromatic heterocycles. The van der Waals surface area contributed by atoms with E-state index in [1.807, 2.05) is 103 Å². The summed E-state index contributed by atoms with van der Waals surface area (Å²) in [6, 6.07) is 54.6. The van der Waals surface area contributed by atoms with E-state index in [9.17, 15) is 9.90 Å². The van der Waals surface area contributed by atoms with Gasteiger partial charge in [0.1, 0.15) is 11.4 Å². The van der Waals surface area contributed by atoms with Gasteiger partial charge in [-0.05, 0) is 63.8 Å². The normalized spacial score (nSPS) is 11.6. The lowest BCUT2D eigenvalue weighted by Crippen LogP contribution is -2.10. The third kappa shape index (κ3) is 7.02. The highest BCUT2D eigenvalue weighted by Crippen LogP contribution is 2.42. The van der Waals surface area contributed by atoms with Gasteiger partial charge in [-0.3, -0.25) is 0 Å². The molecule has 0 atom stereocenters. The summed E-state index contributed by atoms with van der Waals surface area (Å²) >= 11 is 0. The van der Waals surface area contributed by atoms with Crippen molar-refractivity contribution in [2.45, 2.75) is 19.3 Å². The molecule has 0 fully saturated rings. The topological polar surface area (TPSA) is 78.9 Å². The van der Waals surface area contributed by atoms with Gasteiger partial charge in [0.2, 0.25) is 0 Å². The fourth-order valence-corrected chi connectivity index (χ4v) is 6.55. The van der Waals surface area contributed by atoms with Crippen molar-refractivity contribution in [3.8, 4) is 22.5 Å². The molecule has 0 unspecified atom stereocenters. The quantitative estimate of drug-likeness (QED) is 0.109. The minimum atomic E-state index is -0.982. The van der Waals surface area contributed by atoms with Crippen LogP contribution in [0.5, 0.6) is 0 Å². The maximum Gasteiger partial charge on any atom is 0.336 e. The van der Waals surface area contributed by atoms with E-state index < -0.39 is 5.97 Å². The molecule has 238 valence electrons. The van der Waals surface area contributed by atoms with Crippen LogP contribution in [0.3, 0.4) is 0 Å². The van der Waals surface area contributed by atoms with Crippen LogP contribution in [0.1, 0.15) is 38.9 Å². The first-order chi connectivity index (χ1) is 24.2. The van der Waals surface area contributed by atoms with E-state index >= 15 is 0 Å². The molecule has 0 aliphatic heterocycles. The molecule has 5 heteroatoms. The summed E-state index contributed by atoms with van der Waals surface area (Å²) in [6.07, 6.45) is 1.74. The molecule has 49 heavy (non-hydrogen) atoms. The first kappa shape index (κ1) is 31.3. The number of carboxylic acid groups (broad SMARTS) is 1. The van der Waals surface area contributed by atoms with Crippen LogP contribution >= 0.6 is 0 Å². The third-order valence-electron chi connectivity index (χ3n) is 8.83. The Morgan fingerprint density at radius 1 is 0.551 bits per heavy atom. The van der Waals surface area contributed by atoms with Crippen LogP contribution < -0.4 is 0 Å². The van der Waals surface area contributed by atoms with E-state index in [4.69, 9.17) is 5.10 Å². The number of aromatic amines is 1. The average molecular weight is 638 g/mol. The number of carbonyl (C=O) groups is 1. The van der Waals surface area contributed by atoms with Crippen LogP contribution in [0.4, 0.5) is 0 Å². The Bertz CT molecular complexity index is 2190. The van der Waals surface area contributed by atoms with Gasteiger partial charge in [0.25, 0.3) is 0 Å². The number of benzene rings is 6. The van der Waals surface area contributed by atoms with Gasteiger partial charge in [-0.1, -0.05) is 164 Å². The van der Waals surface area contributed by atoms with Gasteiger partial charge in [0, 0.05) is 11.1 Å². The van der Waals surface area contributed by atoms with Crippen molar-refractivity contribution >= 4 is 17.1 Å². The highest BCUT2D eigenvalue weighted by atomic mass is 16.4. The molecule has 6 aromatic carbocycles. The smallest absolute Gasteiger partial charge is 0.336 e. The van der Waals surface area contributed by atoms with E-state index in [1.54, 1.807) is 0 Å². The second-order valence-corrected chi connectivity index (χ2v) is 12.0. The van der Waals surface area contributed by atoms with Crippen molar-refractivity contribution in [1.29, 1.82) is 0 Å². The Labute approximate surface area is 286 Å². The summed E-state index contributed by atoms with van der Waals surface area (Å²) in [5.41, 5.74) is 11.2. The van der Waals surface area contributed by atoms with Crippen molar-refractivity contribution in [1.82, 2.24) is 15.4 Å². The SMILES string of the molecule is O=C(O)C(=C(Cc1ccccc1)c1ccc(Cc2ccccc2)c(Cc2ccccc2)c1-c1n[nH]nc1-c1ccccc1)c1ccccc1. The van der Waals surface area contributed by atoms with Gasteiger partial charge in [-0.2, -0.15) is 15.4 Å². The number of aromatic nitrogens is 3. The Kier molecular flexibility index (Phi) is 9.33. The molecule has 0 spiro atoms. The average Bonchev–Trinajstić information content (AvgIpc) is 3.64. The molecule has 5 nitrogen and oxygen atoms in total. The molecule has 7 rings (SSSR count). The van der Waals surface area contributed by atoms with E-state index in [1.165, 1.54) is 5.56 Å². The number of rotatable bonds is 11. The van der Waals surface area contributed by atoms with Crippen molar-refractivity contribution in [3.05, 3.63) is 203 Å². The number of carboxylic acids is 1. The number of nitrogens with one attached hydrogen (secondary N) is 1. The summed E-state index contributed by atoms with van der Waals surface area (Å²) in [5.74, 6) is -0.982. The molecule has 0 radical (unpaired) electrons. The minimum absolute atomic E-state index is 0.261. The molecule has 0 aliphatic carbocycles. The summed E-state index contributed by atoms with van der Waals surface area (Å²) < 4.78 is 0. The van der Waals surface area contributed by atoms with Crippen LogP contribution in [-0.4, -0.2) is 26.5 Å².